The summed E-state index contributed by atoms with van der Waals surface area (Å²) in [7, 11) is 1.45. The Morgan fingerprint density at radius 1 is 1.12 bits per heavy atom. The lowest BCUT2D eigenvalue weighted by Crippen LogP contribution is -2.60. The highest BCUT2D eigenvalue weighted by molar-refractivity contribution is 8.14. The molecule has 2 aliphatic rings. The summed E-state index contributed by atoms with van der Waals surface area (Å²) in [6, 6.07) is 2.80. The van der Waals surface area contributed by atoms with E-state index in [0.717, 1.165) is 25.7 Å². The zero-order valence-electron chi connectivity index (χ0n) is 18.6. The lowest BCUT2D eigenvalue weighted by atomic mass is 10.0. The number of likely N-dealkylation sites (N-methyl/N-ethyl adjacent to an activating group) is 1. The second-order valence-electron chi connectivity index (χ2n) is 8.70. The number of carbonyl (C=O) groups is 3. The van der Waals surface area contributed by atoms with E-state index < -0.39 is 24.1 Å². The zero-order valence-corrected chi connectivity index (χ0v) is 19.4. The third-order valence-electron chi connectivity index (χ3n) is 6.45. The first kappa shape index (κ1) is 24.4. The molecule has 3 N–H and O–H groups in total. The van der Waals surface area contributed by atoms with Crippen LogP contribution in [0.15, 0.2) is 18.2 Å². The molecular formula is C23H32N2O6S. The van der Waals surface area contributed by atoms with Gasteiger partial charge >= 0.3 is 0 Å². The average molecular weight is 465 g/mol. The van der Waals surface area contributed by atoms with E-state index in [4.69, 9.17) is 0 Å². The Hall–Kier alpha value is -2.26. The number of carbonyl (C=O) groups excluding carboxylic acids is 3. The maximum absolute atomic E-state index is 13.0. The maximum atomic E-state index is 13.0. The van der Waals surface area contributed by atoms with Crippen molar-refractivity contribution in [1.29, 1.82) is 0 Å². The van der Waals surface area contributed by atoms with Crippen molar-refractivity contribution < 1.29 is 29.7 Å². The minimum Gasteiger partial charge on any atom is -0.504 e. The highest BCUT2D eigenvalue weighted by atomic mass is 32.2. The Bertz CT molecular complexity index is 857. The molecule has 176 valence electrons. The number of aliphatic hydroxyl groups excluding tert-OH is 1. The number of hydrogen-bond donors (Lipinski definition) is 3. The lowest BCUT2D eigenvalue weighted by Gasteiger charge is -2.42. The molecule has 0 radical (unpaired) electrons. The molecule has 1 heterocycles. The summed E-state index contributed by atoms with van der Waals surface area (Å²) >= 11 is 1.37. The first-order chi connectivity index (χ1) is 15.2. The Balaban J connectivity index is 1.54. The van der Waals surface area contributed by atoms with Crippen molar-refractivity contribution in [3.63, 3.8) is 0 Å². The van der Waals surface area contributed by atoms with Crippen LogP contribution >= 0.6 is 11.8 Å². The van der Waals surface area contributed by atoms with Crippen LogP contribution < -0.4 is 0 Å². The predicted octanol–water partition coefficient (Wildman–Crippen LogP) is 2.04. The van der Waals surface area contributed by atoms with Crippen LogP contribution in [0.4, 0.5) is 0 Å². The van der Waals surface area contributed by atoms with Crippen LogP contribution in [0.25, 0.3) is 0 Å². The number of aliphatic hydroxyl groups is 1. The van der Waals surface area contributed by atoms with Gasteiger partial charge in [-0.3, -0.25) is 14.4 Å². The van der Waals surface area contributed by atoms with Gasteiger partial charge in [0.25, 0.3) is 5.91 Å². The third-order valence-corrected chi connectivity index (χ3v) is 7.76. The molecule has 2 fully saturated rings. The monoisotopic (exact) mass is 464 g/mol. The molecule has 2 amide bonds. The molecule has 3 atom stereocenters. The minimum absolute atomic E-state index is 0.0323. The fourth-order valence-corrected chi connectivity index (χ4v) is 5.46. The highest BCUT2D eigenvalue weighted by Gasteiger charge is 2.41. The first-order valence-electron chi connectivity index (χ1n) is 11.2. The second-order valence-corrected chi connectivity index (χ2v) is 10.0. The molecular weight excluding hydrogens is 432 g/mol. The summed E-state index contributed by atoms with van der Waals surface area (Å²) in [5.74, 6) is -1.55. The number of aromatic hydroxyl groups is 2. The topological polar surface area (TPSA) is 118 Å². The number of hydrogen-bond acceptors (Lipinski definition) is 7. The Morgan fingerprint density at radius 3 is 2.41 bits per heavy atom. The van der Waals surface area contributed by atoms with Crippen LogP contribution in [-0.2, 0) is 20.8 Å². The molecule has 8 nitrogen and oxygen atoms in total. The quantitative estimate of drug-likeness (QED) is 0.529. The van der Waals surface area contributed by atoms with Crippen molar-refractivity contribution in [2.75, 3.05) is 13.6 Å². The zero-order chi connectivity index (χ0) is 23.4. The van der Waals surface area contributed by atoms with E-state index in [-0.39, 0.29) is 28.9 Å². The second kappa shape index (κ2) is 10.6. The summed E-state index contributed by atoms with van der Waals surface area (Å²) in [4.78, 5) is 41.1. The lowest BCUT2D eigenvalue weighted by molar-refractivity contribution is -0.154. The molecule has 3 rings (SSSR count). The van der Waals surface area contributed by atoms with Gasteiger partial charge in [-0.15, -0.1) is 0 Å². The molecule has 1 aromatic rings. The SMILES string of the molecule is CC(C(=O)N1CCC1C(=O)SC1CCCCC1)N(C)C(=O)C(O)Cc1ccc(O)c(O)c1. The van der Waals surface area contributed by atoms with E-state index >= 15 is 0 Å². The average Bonchev–Trinajstić information content (AvgIpc) is 2.74. The van der Waals surface area contributed by atoms with E-state index in [1.54, 1.807) is 6.92 Å². The van der Waals surface area contributed by atoms with Crippen LogP contribution in [0.5, 0.6) is 11.5 Å². The smallest absolute Gasteiger partial charge is 0.252 e. The Labute approximate surface area is 192 Å². The summed E-state index contributed by atoms with van der Waals surface area (Å²) in [5.41, 5.74) is 0.474. The van der Waals surface area contributed by atoms with Gasteiger partial charge < -0.3 is 25.1 Å². The van der Waals surface area contributed by atoms with E-state index in [1.807, 2.05) is 0 Å². The number of benzene rings is 1. The first-order valence-corrected chi connectivity index (χ1v) is 12.0. The van der Waals surface area contributed by atoms with Gasteiger partial charge in [0.2, 0.25) is 11.0 Å². The predicted molar refractivity (Wildman–Crippen MR) is 121 cm³/mol. The van der Waals surface area contributed by atoms with Gasteiger partial charge in [0.15, 0.2) is 11.5 Å². The van der Waals surface area contributed by atoms with Crippen molar-refractivity contribution in [2.45, 2.75) is 75.3 Å². The third kappa shape index (κ3) is 5.56. The van der Waals surface area contributed by atoms with Gasteiger partial charge in [0.1, 0.15) is 18.2 Å². The van der Waals surface area contributed by atoms with Crippen LogP contribution in [0.2, 0.25) is 0 Å². The molecule has 0 bridgehead atoms. The molecule has 0 aromatic heterocycles. The van der Waals surface area contributed by atoms with Gasteiger partial charge in [-0.25, -0.2) is 0 Å². The van der Waals surface area contributed by atoms with Crippen molar-refractivity contribution in [1.82, 2.24) is 9.80 Å². The molecule has 9 heteroatoms. The highest BCUT2D eigenvalue weighted by Crippen LogP contribution is 2.33. The molecule has 1 aliphatic carbocycles. The number of phenols is 2. The molecule has 3 unspecified atom stereocenters. The summed E-state index contributed by atoms with van der Waals surface area (Å²) in [6.45, 7) is 2.08. The number of nitrogens with zero attached hydrogens (tertiary/aromatic N) is 2. The molecule has 0 spiro atoms. The van der Waals surface area contributed by atoms with Gasteiger partial charge in [0, 0.05) is 25.3 Å². The largest absolute Gasteiger partial charge is 0.504 e. The van der Waals surface area contributed by atoms with Crippen molar-refractivity contribution in [2.24, 2.45) is 0 Å². The minimum atomic E-state index is -1.41. The van der Waals surface area contributed by atoms with Crippen LogP contribution in [0, 0.1) is 0 Å². The summed E-state index contributed by atoms with van der Waals surface area (Å²) in [5, 5.41) is 29.7. The number of thioether (sulfide) groups is 1. The fraction of sp³-hybridized carbons (Fsp3) is 0.609. The van der Waals surface area contributed by atoms with E-state index in [0.29, 0.717) is 23.8 Å². The summed E-state index contributed by atoms with van der Waals surface area (Å²) < 4.78 is 0. The molecule has 1 saturated heterocycles. The van der Waals surface area contributed by atoms with E-state index in [1.165, 1.54) is 53.2 Å². The van der Waals surface area contributed by atoms with Gasteiger partial charge in [-0.2, -0.15) is 0 Å². The number of rotatable bonds is 7. The van der Waals surface area contributed by atoms with Crippen LogP contribution in [0.3, 0.4) is 0 Å². The molecule has 1 saturated carbocycles. The maximum Gasteiger partial charge on any atom is 0.252 e. The fourth-order valence-electron chi connectivity index (χ4n) is 4.16. The number of amides is 2. The van der Waals surface area contributed by atoms with Crippen LogP contribution in [-0.4, -0.2) is 79.1 Å². The van der Waals surface area contributed by atoms with Gasteiger partial charge in [-0.05, 0) is 43.9 Å². The van der Waals surface area contributed by atoms with Crippen molar-refractivity contribution >= 4 is 28.7 Å². The number of likely N-dealkylation sites (tertiary alicyclic amines) is 1. The van der Waals surface area contributed by atoms with E-state index in [2.05, 4.69) is 0 Å². The van der Waals surface area contributed by atoms with Crippen molar-refractivity contribution in [3.8, 4) is 11.5 Å². The molecule has 1 aromatic carbocycles. The molecule has 1 aliphatic heterocycles. The van der Waals surface area contributed by atoms with E-state index in [9.17, 15) is 29.7 Å². The van der Waals surface area contributed by atoms with Gasteiger partial charge in [0.05, 0.1) is 0 Å². The normalized spacial score (nSPS) is 20.8. The standard InChI is InChI=1S/C23H32N2O6S/c1-14(24(2)22(30)20(28)13-15-8-9-18(26)19(27)12-15)21(29)25-11-10-17(25)23(31)32-16-6-4-3-5-7-16/h8-9,12,14,16-17,20,26-28H,3-7,10-11,13H2,1-2H3. The van der Waals surface area contributed by atoms with Gasteiger partial charge in [-0.1, -0.05) is 37.1 Å². The number of phenolic OH excluding ortho intramolecular Hbond substituents is 2. The summed E-state index contributed by atoms with van der Waals surface area (Å²) in [6.07, 6.45) is 4.76. The molecule has 32 heavy (non-hydrogen) atoms. The van der Waals surface area contributed by atoms with Crippen LogP contribution in [0.1, 0.15) is 51.0 Å². The Kier molecular flexibility index (Phi) is 8.05. The Morgan fingerprint density at radius 2 is 1.81 bits per heavy atom. The van der Waals surface area contributed by atoms with Crippen molar-refractivity contribution in [3.05, 3.63) is 23.8 Å².